The second kappa shape index (κ2) is 5.52. The normalized spacial score (nSPS) is 10.2. The minimum absolute atomic E-state index is 0.158. The van der Waals surface area contributed by atoms with E-state index in [1.807, 2.05) is 6.92 Å². The van der Waals surface area contributed by atoms with Crippen molar-refractivity contribution in [3.05, 3.63) is 53.1 Å². The molecule has 0 aliphatic carbocycles. The first-order chi connectivity index (χ1) is 9.49. The van der Waals surface area contributed by atoms with Gasteiger partial charge in [-0.1, -0.05) is 18.2 Å². The van der Waals surface area contributed by atoms with Crippen molar-refractivity contribution in [2.75, 3.05) is 11.5 Å². The second-order valence-corrected chi connectivity index (χ2v) is 4.49. The van der Waals surface area contributed by atoms with Gasteiger partial charge in [0.1, 0.15) is 12.4 Å². The van der Waals surface area contributed by atoms with Crippen LogP contribution < -0.4 is 16.2 Å². The van der Waals surface area contributed by atoms with E-state index in [0.717, 1.165) is 5.56 Å². The quantitative estimate of drug-likeness (QED) is 0.742. The molecule has 104 valence electrons. The number of carbonyl (C=O) groups is 1. The smallest absolute Gasteiger partial charge is 0.336 e. The van der Waals surface area contributed by atoms with Gasteiger partial charge in [0.15, 0.2) is 0 Å². The van der Waals surface area contributed by atoms with Crippen molar-refractivity contribution in [1.82, 2.24) is 0 Å². The molecule has 2 aromatic rings. The van der Waals surface area contributed by atoms with Gasteiger partial charge in [-0.2, -0.15) is 0 Å². The minimum Gasteiger partial charge on any atom is -0.489 e. The Hall–Kier alpha value is -2.69. The molecule has 0 fully saturated rings. The molecule has 0 bridgehead atoms. The zero-order chi connectivity index (χ0) is 14.7. The molecule has 0 amide bonds. The van der Waals surface area contributed by atoms with Crippen molar-refractivity contribution in [2.45, 2.75) is 13.5 Å². The van der Waals surface area contributed by atoms with E-state index in [0.29, 0.717) is 22.7 Å². The molecule has 0 saturated carbocycles. The van der Waals surface area contributed by atoms with Crippen LogP contribution in [0, 0.1) is 6.92 Å². The summed E-state index contributed by atoms with van der Waals surface area (Å²) in [5.41, 5.74) is 14.2. The van der Waals surface area contributed by atoms with Crippen molar-refractivity contribution in [3.8, 4) is 5.75 Å². The predicted molar refractivity (Wildman–Crippen MR) is 77.7 cm³/mol. The van der Waals surface area contributed by atoms with Gasteiger partial charge in [0.25, 0.3) is 0 Å². The molecule has 0 saturated heterocycles. The van der Waals surface area contributed by atoms with Gasteiger partial charge in [0.2, 0.25) is 0 Å². The largest absolute Gasteiger partial charge is 0.489 e. The van der Waals surface area contributed by atoms with Gasteiger partial charge >= 0.3 is 5.97 Å². The molecule has 0 spiro atoms. The molecule has 0 atom stereocenters. The van der Waals surface area contributed by atoms with Gasteiger partial charge in [0, 0.05) is 11.6 Å². The number of aryl methyl sites for hydroxylation is 1. The number of ether oxygens (including phenoxy) is 1. The number of hydrogen-bond donors (Lipinski definition) is 3. The van der Waals surface area contributed by atoms with E-state index in [2.05, 4.69) is 0 Å². The molecule has 0 radical (unpaired) electrons. The molecule has 0 aliphatic heterocycles. The molecular formula is C15H16N2O3. The maximum absolute atomic E-state index is 11.1. The summed E-state index contributed by atoms with van der Waals surface area (Å²) in [6, 6.07) is 10.1. The summed E-state index contributed by atoms with van der Waals surface area (Å²) >= 11 is 0. The number of anilines is 2. The number of benzene rings is 2. The monoisotopic (exact) mass is 272 g/mol. The fourth-order valence-electron chi connectivity index (χ4n) is 1.89. The molecule has 5 N–H and O–H groups in total. The van der Waals surface area contributed by atoms with Gasteiger partial charge in [-0.15, -0.1) is 0 Å². The first kappa shape index (κ1) is 13.7. The Labute approximate surface area is 116 Å². The van der Waals surface area contributed by atoms with E-state index >= 15 is 0 Å². The predicted octanol–water partition coefficient (Wildman–Crippen LogP) is 2.44. The van der Waals surface area contributed by atoms with Gasteiger partial charge in [0.05, 0.1) is 16.9 Å². The average Bonchev–Trinajstić information content (AvgIpc) is 2.42. The Bertz CT molecular complexity index is 630. The molecule has 2 aromatic carbocycles. The maximum atomic E-state index is 11.1. The third kappa shape index (κ3) is 2.83. The highest BCUT2D eigenvalue weighted by Crippen LogP contribution is 2.26. The fraction of sp³-hybridized carbons (Fsp3) is 0.133. The first-order valence-corrected chi connectivity index (χ1v) is 6.08. The topological polar surface area (TPSA) is 98.6 Å². The van der Waals surface area contributed by atoms with E-state index in [1.165, 1.54) is 0 Å². The van der Waals surface area contributed by atoms with Crippen LogP contribution in [0.1, 0.15) is 21.5 Å². The lowest BCUT2D eigenvalue weighted by Crippen LogP contribution is -2.06. The van der Waals surface area contributed by atoms with Crippen molar-refractivity contribution in [3.63, 3.8) is 0 Å². The third-order valence-corrected chi connectivity index (χ3v) is 3.03. The number of nitrogens with two attached hydrogens (primary N) is 2. The highest BCUT2D eigenvalue weighted by atomic mass is 16.5. The summed E-state index contributed by atoms with van der Waals surface area (Å²) in [4.78, 5) is 11.1. The molecular weight excluding hydrogens is 256 g/mol. The van der Waals surface area contributed by atoms with E-state index in [1.54, 1.807) is 36.4 Å². The van der Waals surface area contributed by atoms with Crippen LogP contribution >= 0.6 is 0 Å². The Morgan fingerprint density at radius 2 is 1.95 bits per heavy atom. The summed E-state index contributed by atoms with van der Waals surface area (Å²) in [6.45, 7) is 2.00. The van der Waals surface area contributed by atoms with Crippen molar-refractivity contribution < 1.29 is 14.6 Å². The first-order valence-electron chi connectivity index (χ1n) is 6.08. The van der Waals surface area contributed by atoms with Crippen LogP contribution in [0.2, 0.25) is 0 Å². The number of carboxylic acid groups (broad SMARTS) is 1. The van der Waals surface area contributed by atoms with Crippen molar-refractivity contribution in [2.24, 2.45) is 0 Å². The lowest BCUT2D eigenvalue weighted by molar-refractivity contribution is 0.0694. The van der Waals surface area contributed by atoms with Crippen LogP contribution in [0.25, 0.3) is 0 Å². The Morgan fingerprint density at radius 3 is 2.60 bits per heavy atom. The standard InChI is InChI=1S/C15H16N2O3/c1-9-6-11(7-13(16)14(9)17)20-8-10-4-2-3-5-12(10)15(18)19/h2-7H,8,16-17H2,1H3,(H,18,19). The summed E-state index contributed by atoms with van der Waals surface area (Å²) in [7, 11) is 0. The molecule has 5 nitrogen and oxygen atoms in total. The number of hydrogen-bond acceptors (Lipinski definition) is 4. The zero-order valence-electron chi connectivity index (χ0n) is 11.1. The summed E-state index contributed by atoms with van der Waals surface area (Å²) in [6.07, 6.45) is 0. The van der Waals surface area contributed by atoms with E-state index in [-0.39, 0.29) is 12.2 Å². The SMILES string of the molecule is Cc1cc(OCc2ccccc2C(=O)O)cc(N)c1N. The van der Waals surface area contributed by atoms with Crippen LogP contribution in [-0.2, 0) is 6.61 Å². The van der Waals surface area contributed by atoms with Crippen LogP contribution in [0.3, 0.4) is 0 Å². The molecule has 0 aliphatic rings. The third-order valence-electron chi connectivity index (χ3n) is 3.03. The van der Waals surface area contributed by atoms with E-state index in [4.69, 9.17) is 21.3 Å². The number of carboxylic acids is 1. The van der Waals surface area contributed by atoms with Crippen molar-refractivity contribution in [1.29, 1.82) is 0 Å². The van der Waals surface area contributed by atoms with Gasteiger partial charge < -0.3 is 21.3 Å². The Balaban J connectivity index is 2.19. The van der Waals surface area contributed by atoms with Crippen LogP contribution in [-0.4, -0.2) is 11.1 Å². The molecule has 2 rings (SSSR count). The second-order valence-electron chi connectivity index (χ2n) is 4.49. The zero-order valence-corrected chi connectivity index (χ0v) is 11.1. The van der Waals surface area contributed by atoms with E-state index in [9.17, 15) is 4.79 Å². The van der Waals surface area contributed by atoms with Crippen molar-refractivity contribution >= 4 is 17.3 Å². The average molecular weight is 272 g/mol. The maximum Gasteiger partial charge on any atom is 0.336 e. The fourth-order valence-corrected chi connectivity index (χ4v) is 1.89. The summed E-state index contributed by atoms with van der Waals surface area (Å²) < 4.78 is 5.60. The molecule has 0 unspecified atom stereocenters. The highest BCUT2D eigenvalue weighted by molar-refractivity contribution is 5.89. The molecule has 20 heavy (non-hydrogen) atoms. The van der Waals surface area contributed by atoms with Crippen LogP contribution in [0.5, 0.6) is 5.75 Å². The molecule has 0 aromatic heterocycles. The van der Waals surface area contributed by atoms with Gasteiger partial charge in [-0.05, 0) is 24.6 Å². The minimum atomic E-state index is -0.975. The number of rotatable bonds is 4. The Kier molecular flexibility index (Phi) is 3.79. The molecule has 5 heteroatoms. The summed E-state index contributed by atoms with van der Waals surface area (Å²) in [5, 5.41) is 9.10. The highest BCUT2D eigenvalue weighted by Gasteiger charge is 2.10. The lowest BCUT2D eigenvalue weighted by Gasteiger charge is -2.11. The number of nitrogen functional groups attached to an aromatic ring is 2. The van der Waals surface area contributed by atoms with Gasteiger partial charge in [-0.25, -0.2) is 4.79 Å². The number of aromatic carboxylic acids is 1. The summed E-state index contributed by atoms with van der Waals surface area (Å²) in [5.74, 6) is -0.411. The van der Waals surface area contributed by atoms with Gasteiger partial charge in [-0.3, -0.25) is 0 Å². The Morgan fingerprint density at radius 1 is 1.25 bits per heavy atom. The van der Waals surface area contributed by atoms with E-state index < -0.39 is 5.97 Å². The lowest BCUT2D eigenvalue weighted by atomic mass is 10.1. The molecule has 0 heterocycles. The van der Waals surface area contributed by atoms with Crippen LogP contribution in [0.15, 0.2) is 36.4 Å². The van der Waals surface area contributed by atoms with Crippen LogP contribution in [0.4, 0.5) is 11.4 Å².